The molecular formula is C54H39N15O6. The van der Waals surface area contributed by atoms with Crippen LogP contribution in [0.2, 0.25) is 0 Å². The largest absolute Gasteiger partial charge is 0.487 e. The van der Waals surface area contributed by atoms with E-state index < -0.39 is 0 Å². The molecule has 0 aromatic heterocycles. The molecule has 0 fully saturated rings. The number of rotatable bonds is 0. The molecule has 0 bridgehead atoms. The van der Waals surface area contributed by atoms with E-state index in [0.717, 1.165) is 0 Å². The lowest BCUT2D eigenvalue weighted by Crippen LogP contribution is -2.21. The van der Waals surface area contributed by atoms with E-state index in [1.807, 2.05) is 36.4 Å². The number of hydrazone groups is 3. The van der Waals surface area contributed by atoms with Crippen molar-refractivity contribution >= 4 is 51.6 Å². The molecular weight excluding hydrogens is 955 g/mol. The molecule has 10 rings (SSSR count). The van der Waals surface area contributed by atoms with Crippen LogP contribution in [0.25, 0.3) is 0 Å². The van der Waals surface area contributed by atoms with E-state index in [4.69, 9.17) is 28.4 Å². The van der Waals surface area contributed by atoms with Gasteiger partial charge >= 0.3 is 0 Å². The number of nitrogens with one attached hydrogen (secondary N) is 3. The second-order valence-electron chi connectivity index (χ2n) is 16.1. The van der Waals surface area contributed by atoms with E-state index in [1.165, 1.54) is 0 Å². The molecule has 3 heterocycles. The predicted octanol–water partition coefficient (Wildman–Crippen LogP) is 12.2. The molecule has 21 nitrogen and oxygen atoms in total. The molecule has 0 spiro atoms. The number of para-hydroxylation sites is 9. The van der Waals surface area contributed by atoms with Gasteiger partial charge in [-0.3, -0.25) is 16.3 Å². The maximum absolute atomic E-state index is 10.0. The van der Waals surface area contributed by atoms with Crippen LogP contribution in [0.1, 0.15) is 33.4 Å². The molecule has 0 amide bonds. The van der Waals surface area contributed by atoms with Gasteiger partial charge in [0.15, 0.2) is 0 Å². The lowest BCUT2D eigenvalue weighted by Gasteiger charge is -2.28. The number of anilines is 3. The quantitative estimate of drug-likeness (QED) is 0.128. The molecule has 21 heteroatoms. The first-order valence-electron chi connectivity index (χ1n) is 23.0. The zero-order valence-corrected chi connectivity index (χ0v) is 39.4. The van der Waals surface area contributed by atoms with Gasteiger partial charge in [-0.25, -0.2) is 0 Å². The van der Waals surface area contributed by atoms with Crippen molar-refractivity contribution < 1.29 is 28.4 Å². The fraction of sp³-hybridized carbons (Fsp3) is 0.111. The van der Waals surface area contributed by atoms with E-state index in [-0.39, 0.29) is 57.1 Å². The van der Waals surface area contributed by atoms with Crippen LogP contribution in [-0.4, -0.2) is 17.5 Å². The van der Waals surface area contributed by atoms with Crippen molar-refractivity contribution in [1.82, 2.24) is 0 Å². The molecule has 3 aliphatic heterocycles. The number of benzene rings is 7. The third-order valence-electron chi connectivity index (χ3n) is 11.6. The van der Waals surface area contributed by atoms with Crippen molar-refractivity contribution in [2.75, 3.05) is 16.3 Å². The number of hydrogen-bond acceptors (Lipinski definition) is 21. The molecule has 366 valence electrons. The Hall–Kier alpha value is -11.0. The van der Waals surface area contributed by atoms with Crippen LogP contribution in [0.15, 0.2) is 192 Å². The molecule has 0 atom stereocenters. The Bertz CT molecular complexity index is 3230. The topological polar surface area (TPSA) is 274 Å². The Morgan fingerprint density at radius 3 is 0.787 bits per heavy atom. The number of nitriles is 3. The summed E-state index contributed by atoms with van der Waals surface area (Å²) in [5.41, 5.74) is 14.7. The second kappa shape index (κ2) is 22.8. The monoisotopic (exact) mass is 993 g/mol. The summed E-state index contributed by atoms with van der Waals surface area (Å²) in [4.78, 5) is 0. The summed E-state index contributed by atoms with van der Waals surface area (Å²) in [6, 6.07) is 48.3. The van der Waals surface area contributed by atoms with Crippen molar-refractivity contribution in [1.29, 1.82) is 15.8 Å². The van der Waals surface area contributed by atoms with Crippen molar-refractivity contribution in [3.63, 3.8) is 0 Å². The van der Waals surface area contributed by atoms with Gasteiger partial charge in [0.1, 0.15) is 109 Å². The minimum atomic E-state index is -0.254. The lowest BCUT2D eigenvalue weighted by molar-refractivity contribution is 0.250. The van der Waals surface area contributed by atoms with Crippen LogP contribution < -0.4 is 44.7 Å². The fourth-order valence-electron chi connectivity index (χ4n) is 7.93. The number of hydrogen-bond donors (Lipinski definition) is 3. The second-order valence-corrected chi connectivity index (χ2v) is 16.1. The summed E-state index contributed by atoms with van der Waals surface area (Å²) in [5.74, 6) is 1.36. The van der Waals surface area contributed by atoms with Gasteiger partial charge in [-0.15, -0.1) is 46.0 Å². The summed E-state index contributed by atoms with van der Waals surface area (Å²) in [6.07, 6.45) is 0. The average molecular weight is 994 g/mol. The Morgan fingerprint density at radius 2 is 0.520 bits per heavy atom. The van der Waals surface area contributed by atoms with Crippen LogP contribution in [0.5, 0.6) is 34.5 Å². The third-order valence-corrected chi connectivity index (χ3v) is 11.6. The van der Waals surface area contributed by atoms with Gasteiger partial charge in [-0.1, -0.05) is 72.8 Å². The molecule has 3 N–H and O–H groups in total. The van der Waals surface area contributed by atoms with Crippen LogP contribution in [0.3, 0.4) is 0 Å². The van der Waals surface area contributed by atoms with Gasteiger partial charge in [-0.05, 0) is 72.8 Å². The molecule has 0 saturated carbocycles. The fourth-order valence-corrected chi connectivity index (χ4v) is 7.93. The summed E-state index contributed by atoms with van der Waals surface area (Å²) >= 11 is 0. The maximum Gasteiger partial charge on any atom is 0.270 e. The predicted molar refractivity (Wildman–Crippen MR) is 275 cm³/mol. The molecule has 0 aliphatic carbocycles. The molecule has 7 aromatic carbocycles. The van der Waals surface area contributed by atoms with Crippen LogP contribution in [0, 0.1) is 34.0 Å². The van der Waals surface area contributed by atoms with Gasteiger partial charge in [0, 0.05) is 33.4 Å². The number of nitrogens with zero attached hydrogens (tertiary/aromatic N) is 12. The normalized spacial score (nSPS) is 16.4. The van der Waals surface area contributed by atoms with Gasteiger partial charge in [-0.2, -0.15) is 15.8 Å². The molecule has 75 heavy (non-hydrogen) atoms. The number of ether oxygens (including phenoxy) is 6. The highest BCUT2D eigenvalue weighted by Gasteiger charge is 2.29. The Morgan fingerprint density at radius 1 is 0.293 bits per heavy atom. The standard InChI is InChI=1S/C54H39N15O6/c55-25-52-64-58-40-13-1-7-19-46(40)70-28-34-35(29-71-47-20-8-2-14-41(47)59-65-52)37-31-73-49-22-10-4-16-43(49)62-68-54(27-57)69-63-45-18-6-12-24-51(45)75-33-39(37)38-32-74-50-23-11-5-17-44(50)61-67-53(26-56)66-60-42-15-3-9-21-48(42)72-30-36(34)38/h1-24,58,61-62H,28-33H2/b64-52-,65-59?,66-60?,67-53-,68-54-,69-63?. The SMILES string of the molecule is N#C/C1=N/Nc2ccccc2OCc2c(c3c(c4c2COc2ccccc2N=N/C(C#N)=N\Nc2ccccc2OC4)COc2ccccc2N=N/C(C#N)=N\Nc2ccccc2OC3)COc2ccccc2N=N1. The average Bonchev–Trinajstić information content (AvgIpc) is 3.46. The highest BCUT2D eigenvalue weighted by Crippen LogP contribution is 2.40. The number of amidine groups is 3. The van der Waals surface area contributed by atoms with Gasteiger partial charge in [0.05, 0.1) is 17.1 Å². The number of fused-ring (bicyclic) bond motifs is 12. The molecule has 7 aromatic rings. The summed E-state index contributed by atoms with van der Waals surface area (Å²) in [5, 5.41) is 68.5. The van der Waals surface area contributed by atoms with Crippen LogP contribution in [0.4, 0.5) is 34.1 Å². The van der Waals surface area contributed by atoms with E-state index in [1.54, 1.807) is 127 Å². The Balaban J connectivity index is 1.25. The smallest absolute Gasteiger partial charge is 0.270 e. The first-order chi connectivity index (χ1) is 37.0. The van der Waals surface area contributed by atoms with Crippen molar-refractivity contribution in [3.8, 4) is 52.7 Å². The van der Waals surface area contributed by atoms with Crippen LogP contribution >= 0.6 is 0 Å². The first-order valence-corrected chi connectivity index (χ1v) is 23.0. The third kappa shape index (κ3) is 11.2. The Kier molecular flexibility index (Phi) is 14.5. The molecule has 0 unspecified atom stereocenters. The minimum Gasteiger partial charge on any atom is -0.487 e. The van der Waals surface area contributed by atoms with Gasteiger partial charge in [0.2, 0.25) is 0 Å². The van der Waals surface area contributed by atoms with Crippen molar-refractivity contribution in [3.05, 3.63) is 179 Å². The van der Waals surface area contributed by atoms with E-state index in [9.17, 15) is 15.8 Å². The van der Waals surface area contributed by atoms with E-state index in [0.29, 0.717) is 102 Å². The summed E-state index contributed by atoms with van der Waals surface area (Å²) in [6.45, 7) is -0.652. The highest BCUT2D eigenvalue weighted by atomic mass is 16.5. The summed E-state index contributed by atoms with van der Waals surface area (Å²) in [7, 11) is 0. The zero-order chi connectivity index (χ0) is 51.2. The number of azo groups is 3. The van der Waals surface area contributed by atoms with Crippen molar-refractivity contribution in [2.45, 2.75) is 39.6 Å². The molecule has 0 radical (unpaired) electrons. The Labute approximate surface area is 428 Å². The van der Waals surface area contributed by atoms with Gasteiger partial charge < -0.3 is 28.4 Å². The minimum absolute atomic E-state index is 0.103. The first kappa shape index (κ1) is 47.7. The maximum atomic E-state index is 10.0. The summed E-state index contributed by atoms with van der Waals surface area (Å²) < 4.78 is 40.8. The van der Waals surface area contributed by atoms with Crippen molar-refractivity contribution in [2.24, 2.45) is 46.0 Å². The van der Waals surface area contributed by atoms with E-state index in [2.05, 4.69) is 62.3 Å². The van der Waals surface area contributed by atoms with Gasteiger partial charge in [0.25, 0.3) is 17.5 Å². The van der Waals surface area contributed by atoms with E-state index >= 15 is 0 Å². The zero-order valence-electron chi connectivity index (χ0n) is 39.4. The molecule has 0 saturated heterocycles. The van der Waals surface area contributed by atoms with Crippen LogP contribution in [-0.2, 0) is 39.6 Å². The molecule has 3 aliphatic rings. The highest BCUT2D eigenvalue weighted by molar-refractivity contribution is 5.98. The lowest BCUT2D eigenvalue weighted by atomic mass is 9.87.